The third-order valence-electron chi connectivity index (χ3n) is 4.32. The van der Waals surface area contributed by atoms with Gasteiger partial charge in [-0.2, -0.15) is 4.31 Å². The molecule has 1 aliphatic rings. The Morgan fingerprint density at radius 2 is 1.68 bits per heavy atom. The van der Waals surface area contributed by atoms with Crippen LogP contribution in [0.15, 0.2) is 29.2 Å². The topological polar surface area (TPSA) is 90.5 Å². The van der Waals surface area contributed by atoms with E-state index in [1.54, 1.807) is 28.6 Å². The number of rotatable bonds is 5. The normalized spacial score (nSPS) is 15.7. The molecule has 1 aromatic carbocycles. The minimum absolute atomic E-state index is 0.189. The summed E-state index contributed by atoms with van der Waals surface area (Å²) in [4.78, 5) is 12.3. The maximum atomic E-state index is 12.6. The van der Waals surface area contributed by atoms with Gasteiger partial charge in [-0.05, 0) is 69.9 Å². The molecule has 1 saturated heterocycles. The number of carbonyl (C=O) groups is 1. The molecule has 1 amide bonds. The van der Waals surface area contributed by atoms with Crippen molar-refractivity contribution in [2.75, 3.05) is 13.1 Å². The third-order valence-corrected chi connectivity index (χ3v) is 6.44. The lowest BCUT2D eigenvalue weighted by molar-refractivity contribution is -0.121. The number of benzene rings is 1. The maximum absolute atomic E-state index is 12.6. The van der Waals surface area contributed by atoms with Gasteiger partial charge in [0.15, 0.2) is 5.11 Å². The summed E-state index contributed by atoms with van der Waals surface area (Å²) >= 11 is 5.10. The zero-order valence-electron chi connectivity index (χ0n) is 16.7. The number of carbonyl (C=O) groups excluding carboxylic acids is 1. The van der Waals surface area contributed by atoms with E-state index in [1.807, 2.05) is 20.8 Å². The fraction of sp³-hybridized carbons (Fsp3) is 0.579. The molecule has 1 aromatic rings. The van der Waals surface area contributed by atoms with Crippen LogP contribution in [-0.4, -0.2) is 42.4 Å². The molecule has 0 bridgehead atoms. The molecular formula is C19H30N4O3S2. The molecule has 0 radical (unpaired) electrons. The lowest BCUT2D eigenvalue weighted by atomic mass is 10.1. The molecule has 3 N–H and O–H groups in total. The predicted octanol–water partition coefficient (Wildman–Crippen LogP) is 2.09. The van der Waals surface area contributed by atoms with Crippen LogP contribution in [0.1, 0.15) is 52.0 Å². The van der Waals surface area contributed by atoms with E-state index < -0.39 is 10.0 Å². The molecule has 2 rings (SSSR count). The molecule has 1 aliphatic heterocycles. The van der Waals surface area contributed by atoms with Crippen LogP contribution >= 0.6 is 12.2 Å². The standard InChI is InChI=1S/C19H30N4O3S2/c1-19(2,3)20-18(27)22-21-17(24)12-9-15-7-10-16(11-8-15)28(25,26)23-13-5-4-6-14-23/h7-8,10-11H,4-6,9,12-14H2,1-3H3,(H,21,24)(H2,20,22,27). The quantitative estimate of drug-likeness (QED) is 0.493. The SMILES string of the molecule is CC(C)(C)NC(=S)NNC(=O)CCc1ccc(S(=O)(=O)N2CCCCC2)cc1. The van der Waals surface area contributed by atoms with Crippen molar-refractivity contribution in [2.45, 2.75) is 63.3 Å². The van der Waals surface area contributed by atoms with Gasteiger partial charge in [-0.1, -0.05) is 18.6 Å². The Morgan fingerprint density at radius 3 is 2.25 bits per heavy atom. The molecule has 0 aromatic heterocycles. The van der Waals surface area contributed by atoms with Crippen molar-refractivity contribution < 1.29 is 13.2 Å². The maximum Gasteiger partial charge on any atom is 0.243 e. The molecule has 28 heavy (non-hydrogen) atoms. The highest BCUT2D eigenvalue weighted by Crippen LogP contribution is 2.21. The Balaban J connectivity index is 1.82. The van der Waals surface area contributed by atoms with Crippen molar-refractivity contribution in [1.29, 1.82) is 0 Å². The molecule has 1 fully saturated rings. The Labute approximate surface area is 173 Å². The van der Waals surface area contributed by atoms with Crippen LogP contribution in [0.5, 0.6) is 0 Å². The first-order valence-electron chi connectivity index (χ1n) is 9.54. The summed E-state index contributed by atoms with van der Waals surface area (Å²) in [5.41, 5.74) is 5.95. The molecule has 156 valence electrons. The van der Waals surface area contributed by atoms with Crippen LogP contribution < -0.4 is 16.2 Å². The molecule has 1 heterocycles. The second kappa shape index (κ2) is 9.67. The predicted molar refractivity (Wildman–Crippen MR) is 114 cm³/mol. The summed E-state index contributed by atoms with van der Waals surface area (Å²) in [5, 5.41) is 3.40. The minimum atomic E-state index is -3.42. The van der Waals surface area contributed by atoms with E-state index in [2.05, 4.69) is 16.2 Å². The highest BCUT2D eigenvalue weighted by Gasteiger charge is 2.25. The van der Waals surface area contributed by atoms with Crippen LogP contribution in [0.4, 0.5) is 0 Å². The summed E-state index contributed by atoms with van der Waals surface area (Å²) in [6, 6.07) is 6.78. The fourth-order valence-electron chi connectivity index (χ4n) is 2.90. The van der Waals surface area contributed by atoms with E-state index in [9.17, 15) is 13.2 Å². The van der Waals surface area contributed by atoms with Crippen molar-refractivity contribution in [3.63, 3.8) is 0 Å². The molecule has 0 saturated carbocycles. The Hall–Kier alpha value is -1.71. The van der Waals surface area contributed by atoms with Crippen LogP contribution in [-0.2, 0) is 21.2 Å². The van der Waals surface area contributed by atoms with E-state index in [-0.39, 0.29) is 17.9 Å². The minimum Gasteiger partial charge on any atom is -0.357 e. The van der Waals surface area contributed by atoms with Gasteiger partial charge < -0.3 is 5.32 Å². The van der Waals surface area contributed by atoms with E-state index in [1.165, 1.54) is 0 Å². The Morgan fingerprint density at radius 1 is 1.07 bits per heavy atom. The van der Waals surface area contributed by atoms with E-state index in [4.69, 9.17) is 12.2 Å². The number of thiocarbonyl (C=S) groups is 1. The molecule has 0 atom stereocenters. The lowest BCUT2D eigenvalue weighted by Gasteiger charge is -2.25. The van der Waals surface area contributed by atoms with Crippen LogP contribution in [0.2, 0.25) is 0 Å². The average Bonchev–Trinajstić information content (AvgIpc) is 2.64. The molecule has 0 unspecified atom stereocenters. The zero-order valence-corrected chi connectivity index (χ0v) is 18.4. The van der Waals surface area contributed by atoms with Crippen LogP contribution in [0.25, 0.3) is 0 Å². The van der Waals surface area contributed by atoms with E-state index in [0.717, 1.165) is 24.8 Å². The first-order chi connectivity index (χ1) is 13.1. The number of nitrogens with zero attached hydrogens (tertiary/aromatic N) is 1. The summed E-state index contributed by atoms with van der Waals surface area (Å²) in [5.74, 6) is -0.192. The molecule has 9 heteroatoms. The summed E-state index contributed by atoms with van der Waals surface area (Å²) in [6.45, 7) is 7.08. The lowest BCUT2D eigenvalue weighted by Crippen LogP contribution is -2.52. The number of nitrogens with one attached hydrogen (secondary N) is 3. The Bertz CT molecular complexity index is 780. The highest BCUT2D eigenvalue weighted by atomic mass is 32.2. The molecule has 7 nitrogen and oxygen atoms in total. The van der Waals surface area contributed by atoms with Crippen molar-refractivity contribution in [2.24, 2.45) is 0 Å². The van der Waals surface area contributed by atoms with E-state index in [0.29, 0.717) is 29.5 Å². The van der Waals surface area contributed by atoms with Crippen molar-refractivity contribution >= 4 is 33.3 Å². The summed E-state index contributed by atoms with van der Waals surface area (Å²) in [6.07, 6.45) is 3.68. The van der Waals surface area contributed by atoms with Gasteiger partial charge in [-0.15, -0.1) is 0 Å². The number of aryl methyl sites for hydroxylation is 1. The first kappa shape index (κ1) is 22.6. The molecule has 0 aliphatic carbocycles. The van der Waals surface area contributed by atoms with Crippen molar-refractivity contribution in [3.05, 3.63) is 29.8 Å². The highest BCUT2D eigenvalue weighted by molar-refractivity contribution is 7.89. The smallest absolute Gasteiger partial charge is 0.243 e. The van der Waals surface area contributed by atoms with Crippen LogP contribution in [0, 0.1) is 0 Å². The second-order valence-electron chi connectivity index (χ2n) is 7.99. The van der Waals surface area contributed by atoms with Crippen molar-refractivity contribution in [1.82, 2.24) is 20.5 Å². The van der Waals surface area contributed by atoms with Gasteiger partial charge >= 0.3 is 0 Å². The monoisotopic (exact) mass is 426 g/mol. The van der Waals surface area contributed by atoms with Gasteiger partial charge in [0.05, 0.1) is 4.90 Å². The number of hydrogen-bond acceptors (Lipinski definition) is 4. The largest absolute Gasteiger partial charge is 0.357 e. The third kappa shape index (κ3) is 7.03. The number of hydrazine groups is 1. The Kier molecular flexibility index (Phi) is 7.79. The second-order valence-corrected chi connectivity index (χ2v) is 10.3. The number of sulfonamides is 1. The zero-order chi connectivity index (χ0) is 20.8. The summed E-state index contributed by atoms with van der Waals surface area (Å²) < 4.78 is 26.9. The van der Waals surface area contributed by atoms with Gasteiger partial charge in [0.1, 0.15) is 0 Å². The van der Waals surface area contributed by atoms with Crippen LogP contribution in [0.3, 0.4) is 0 Å². The first-order valence-corrected chi connectivity index (χ1v) is 11.4. The van der Waals surface area contributed by atoms with Gasteiger partial charge in [0.25, 0.3) is 0 Å². The van der Waals surface area contributed by atoms with Gasteiger partial charge in [0.2, 0.25) is 15.9 Å². The van der Waals surface area contributed by atoms with Gasteiger partial charge in [-0.25, -0.2) is 8.42 Å². The summed E-state index contributed by atoms with van der Waals surface area (Å²) in [7, 11) is -3.42. The number of hydrogen-bond donors (Lipinski definition) is 3. The molecule has 0 spiro atoms. The fourth-order valence-corrected chi connectivity index (χ4v) is 4.78. The van der Waals surface area contributed by atoms with Gasteiger partial charge in [-0.3, -0.25) is 15.6 Å². The number of amides is 1. The van der Waals surface area contributed by atoms with Crippen molar-refractivity contribution in [3.8, 4) is 0 Å². The number of piperidine rings is 1. The van der Waals surface area contributed by atoms with Gasteiger partial charge in [0, 0.05) is 25.0 Å². The average molecular weight is 427 g/mol. The molecular weight excluding hydrogens is 396 g/mol. The van der Waals surface area contributed by atoms with E-state index >= 15 is 0 Å².